The number of hydrogen-bond donors (Lipinski definition) is 0. The van der Waals surface area contributed by atoms with Crippen LogP contribution in [-0.4, -0.2) is 29.3 Å². The Balaban J connectivity index is 2.30. The summed E-state index contributed by atoms with van der Waals surface area (Å²) in [5.41, 5.74) is -0.0406. The number of rotatable bonds is 2. The predicted octanol–water partition coefficient (Wildman–Crippen LogP) is 4.10. The SMILES string of the molecule is O=C(c1c(F)cccc1Cl)N1CCCCCC1CCl. The van der Waals surface area contributed by atoms with Crippen LogP contribution in [0, 0.1) is 5.82 Å². The molecule has 0 bridgehead atoms. The predicted molar refractivity (Wildman–Crippen MR) is 75.4 cm³/mol. The topological polar surface area (TPSA) is 20.3 Å². The van der Waals surface area contributed by atoms with E-state index in [0.29, 0.717) is 12.4 Å². The van der Waals surface area contributed by atoms with Crippen LogP contribution in [0.5, 0.6) is 0 Å². The molecule has 0 aromatic heterocycles. The van der Waals surface area contributed by atoms with Crippen molar-refractivity contribution in [3.8, 4) is 0 Å². The molecule has 1 aliphatic rings. The maximum Gasteiger partial charge on any atom is 0.258 e. The molecular formula is C14H16Cl2FNO. The van der Waals surface area contributed by atoms with Crippen molar-refractivity contribution in [2.24, 2.45) is 0 Å². The first-order valence-electron chi connectivity index (χ1n) is 6.46. The lowest BCUT2D eigenvalue weighted by atomic mass is 10.1. The number of hydrogen-bond acceptors (Lipinski definition) is 1. The summed E-state index contributed by atoms with van der Waals surface area (Å²) >= 11 is 11.9. The molecule has 104 valence electrons. The Kier molecular flexibility index (Phi) is 5.06. The lowest BCUT2D eigenvalue weighted by Crippen LogP contribution is -2.41. The summed E-state index contributed by atoms with van der Waals surface area (Å²) in [7, 11) is 0. The van der Waals surface area contributed by atoms with E-state index in [9.17, 15) is 9.18 Å². The van der Waals surface area contributed by atoms with E-state index in [-0.39, 0.29) is 22.5 Å². The number of likely N-dealkylation sites (tertiary alicyclic amines) is 1. The summed E-state index contributed by atoms with van der Waals surface area (Å²) in [6.07, 6.45) is 3.90. The van der Waals surface area contributed by atoms with Crippen LogP contribution >= 0.6 is 23.2 Å². The van der Waals surface area contributed by atoms with Gasteiger partial charge in [0.05, 0.1) is 10.6 Å². The van der Waals surface area contributed by atoms with E-state index in [0.717, 1.165) is 25.7 Å². The zero-order valence-electron chi connectivity index (χ0n) is 10.5. The Labute approximate surface area is 122 Å². The average Bonchev–Trinajstić information content (AvgIpc) is 2.63. The van der Waals surface area contributed by atoms with Crippen molar-refractivity contribution in [2.45, 2.75) is 31.7 Å². The van der Waals surface area contributed by atoms with E-state index in [2.05, 4.69) is 0 Å². The molecule has 0 radical (unpaired) electrons. The molecule has 1 fully saturated rings. The van der Waals surface area contributed by atoms with Gasteiger partial charge in [0.2, 0.25) is 0 Å². The van der Waals surface area contributed by atoms with Crippen LogP contribution in [-0.2, 0) is 0 Å². The first kappa shape index (κ1) is 14.6. The first-order chi connectivity index (χ1) is 9.15. The zero-order chi connectivity index (χ0) is 13.8. The van der Waals surface area contributed by atoms with Crippen LogP contribution in [0.3, 0.4) is 0 Å². The smallest absolute Gasteiger partial charge is 0.258 e. The number of carbonyl (C=O) groups is 1. The molecule has 5 heteroatoms. The lowest BCUT2D eigenvalue weighted by Gasteiger charge is -2.29. The molecule has 1 saturated heterocycles. The van der Waals surface area contributed by atoms with Crippen LogP contribution in [0.15, 0.2) is 18.2 Å². The van der Waals surface area contributed by atoms with Crippen LogP contribution in [0.2, 0.25) is 5.02 Å². The summed E-state index contributed by atoms with van der Waals surface area (Å²) in [6, 6.07) is 4.25. The third-order valence-corrected chi connectivity index (χ3v) is 4.16. The summed E-state index contributed by atoms with van der Waals surface area (Å²) in [5, 5.41) is 0.155. The Morgan fingerprint density at radius 1 is 1.37 bits per heavy atom. The highest BCUT2D eigenvalue weighted by molar-refractivity contribution is 6.33. The van der Waals surface area contributed by atoms with Gasteiger partial charge in [-0.15, -0.1) is 11.6 Å². The van der Waals surface area contributed by atoms with Crippen LogP contribution < -0.4 is 0 Å². The first-order valence-corrected chi connectivity index (χ1v) is 7.37. The summed E-state index contributed by atoms with van der Waals surface area (Å²) in [5.74, 6) is -0.552. The highest BCUT2D eigenvalue weighted by Gasteiger charge is 2.28. The molecule has 0 aliphatic carbocycles. The van der Waals surface area contributed by atoms with Crippen molar-refractivity contribution in [1.82, 2.24) is 4.90 Å². The fourth-order valence-corrected chi connectivity index (χ4v) is 3.02. The molecule has 2 nitrogen and oxygen atoms in total. The maximum atomic E-state index is 13.8. The second-order valence-electron chi connectivity index (χ2n) is 4.75. The highest BCUT2D eigenvalue weighted by atomic mass is 35.5. The van der Waals surface area contributed by atoms with Gasteiger partial charge in [-0.25, -0.2) is 4.39 Å². The third-order valence-electron chi connectivity index (χ3n) is 3.49. The Morgan fingerprint density at radius 3 is 2.84 bits per heavy atom. The van der Waals surface area contributed by atoms with Gasteiger partial charge >= 0.3 is 0 Å². The van der Waals surface area contributed by atoms with Crippen molar-refractivity contribution >= 4 is 29.1 Å². The molecule has 1 unspecified atom stereocenters. The van der Waals surface area contributed by atoms with Gasteiger partial charge in [0, 0.05) is 18.5 Å². The lowest BCUT2D eigenvalue weighted by molar-refractivity contribution is 0.0696. The third kappa shape index (κ3) is 3.21. The number of halogens is 3. The highest BCUT2D eigenvalue weighted by Crippen LogP contribution is 2.25. The zero-order valence-corrected chi connectivity index (χ0v) is 12.1. The summed E-state index contributed by atoms with van der Waals surface area (Å²) in [6.45, 7) is 0.612. The number of carbonyl (C=O) groups excluding carboxylic acids is 1. The van der Waals surface area contributed by atoms with Gasteiger partial charge in [0.25, 0.3) is 5.91 Å². The van der Waals surface area contributed by atoms with Gasteiger partial charge in [0.15, 0.2) is 0 Å². The number of alkyl halides is 1. The Morgan fingerprint density at radius 2 is 2.16 bits per heavy atom. The van der Waals surface area contributed by atoms with Crippen molar-refractivity contribution in [1.29, 1.82) is 0 Å². The van der Waals surface area contributed by atoms with E-state index in [1.165, 1.54) is 18.2 Å². The molecule has 19 heavy (non-hydrogen) atoms. The summed E-state index contributed by atoms with van der Waals surface area (Å²) < 4.78 is 13.8. The minimum Gasteiger partial charge on any atom is -0.334 e. The molecular weight excluding hydrogens is 288 g/mol. The molecule has 1 atom stereocenters. The van der Waals surface area contributed by atoms with Gasteiger partial charge in [-0.1, -0.05) is 30.5 Å². The fraction of sp³-hybridized carbons (Fsp3) is 0.500. The molecule has 2 rings (SSSR count). The van der Waals surface area contributed by atoms with Crippen LogP contribution in [0.1, 0.15) is 36.0 Å². The van der Waals surface area contributed by atoms with Crippen molar-refractivity contribution < 1.29 is 9.18 Å². The van der Waals surface area contributed by atoms with Crippen molar-refractivity contribution in [3.05, 3.63) is 34.6 Å². The van der Waals surface area contributed by atoms with Crippen LogP contribution in [0.4, 0.5) is 4.39 Å². The van der Waals surface area contributed by atoms with Gasteiger partial charge in [0.1, 0.15) is 5.82 Å². The summed E-state index contributed by atoms with van der Waals surface area (Å²) in [4.78, 5) is 14.2. The second-order valence-corrected chi connectivity index (χ2v) is 5.47. The average molecular weight is 304 g/mol. The monoisotopic (exact) mass is 303 g/mol. The van der Waals surface area contributed by atoms with E-state index in [4.69, 9.17) is 23.2 Å². The molecule has 0 spiro atoms. The van der Waals surface area contributed by atoms with Gasteiger partial charge < -0.3 is 4.90 Å². The Hall–Kier alpha value is -0.800. The van der Waals surface area contributed by atoms with Crippen LogP contribution in [0.25, 0.3) is 0 Å². The molecule has 1 aliphatic heterocycles. The minimum atomic E-state index is -0.574. The Bertz CT molecular complexity index is 447. The van der Waals surface area contributed by atoms with Gasteiger partial charge in [-0.05, 0) is 25.0 Å². The van der Waals surface area contributed by atoms with Gasteiger partial charge in [-0.2, -0.15) is 0 Å². The molecule has 1 heterocycles. The fourth-order valence-electron chi connectivity index (χ4n) is 2.45. The number of amides is 1. The van der Waals surface area contributed by atoms with E-state index >= 15 is 0 Å². The molecule has 1 aromatic carbocycles. The molecule has 0 saturated carbocycles. The normalized spacial score (nSPS) is 20.2. The van der Waals surface area contributed by atoms with Gasteiger partial charge in [-0.3, -0.25) is 4.79 Å². The van der Waals surface area contributed by atoms with Crippen molar-refractivity contribution in [2.75, 3.05) is 12.4 Å². The molecule has 0 N–H and O–H groups in total. The van der Waals surface area contributed by atoms with E-state index < -0.39 is 5.82 Å². The quantitative estimate of drug-likeness (QED) is 0.753. The molecule has 1 amide bonds. The van der Waals surface area contributed by atoms with Crippen molar-refractivity contribution in [3.63, 3.8) is 0 Å². The van der Waals surface area contributed by atoms with E-state index in [1.54, 1.807) is 4.90 Å². The van der Waals surface area contributed by atoms with E-state index in [1.807, 2.05) is 0 Å². The molecule has 1 aromatic rings. The minimum absolute atomic E-state index is 0.0349. The maximum absolute atomic E-state index is 13.8. The largest absolute Gasteiger partial charge is 0.334 e. The standard InChI is InChI=1S/C14H16Cl2FNO/c15-9-10-5-2-1-3-8-18(10)14(19)13-11(16)6-4-7-12(13)17/h4,6-7,10H,1-3,5,8-9H2. The number of benzene rings is 1. The number of nitrogens with zero attached hydrogens (tertiary/aromatic N) is 1. The second kappa shape index (κ2) is 6.58.